The number of pyridine rings is 2. The molecule has 196 valence electrons. The van der Waals surface area contributed by atoms with Crippen LogP contribution in [0.5, 0.6) is 0 Å². The van der Waals surface area contributed by atoms with Crippen LogP contribution >= 0.6 is 11.6 Å². The largest absolute Gasteiger partial charge is 0.376 e. The summed E-state index contributed by atoms with van der Waals surface area (Å²) in [4.78, 5) is 7.80. The van der Waals surface area contributed by atoms with Crippen LogP contribution in [0.3, 0.4) is 0 Å². The monoisotopic (exact) mass is 545 g/mol. The van der Waals surface area contributed by atoms with E-state index in [0.29, 0.717) is 27.3 Å². The molecule has 1 aromatic carbocycles. The van der Waals surface area contributed by atoms with Gasteiger partial charge in [0.05, 0.1) is 45.9 Å². The van der Waals surface area contributed by atoms with Gasteiger partial charge < -0.3 is 16.0 Å². The second-order valence-electron chi connectivity index (χ2n) is 9.76. The zero-order valence-electron chi connectivity index (χ0n) is 20.6. The van der Waals surface area contributed by atoms with Crippen molar-refractivity contribution in [2.45, 2.75) is 13.0 Å². The molecule has 3 aromatic heterocycles. The quantitative estimate of drug-likeness (QED) is 0.244. The molecular formula is C27H22ClF2N9. The molecule has 1 aliphatic carbocycles. The van der Waals surface area contributed by atoms with E-state index in [0.717, 1.165) is 31.0 Å². The molecule has 9 nitrogen and oxygen atoms in total. The summed E-state index contributed by atoms with van der Waals surface area (Å²) in [6.07, 6.45) is 10.6. The van der Waals surface area contributed by atoms with Gasteiger partial charge >= 0.3 is 0 Å². The number of benzene rings is 1. The molecule has 0 spiro atoms. The Morgan fingerprint density at radius 2 is 2.05 bits per heavy atom. The van der Waals surface area contributed by atoms with Crippen molar-refractivity contribution in [3.05, 3.63) is 88.6 Å². The summed E-state index contributed by atoms with van der Waals surface area (Å²) in [6, 6.07) is 6.35. The summed E-state index contributed by atoms with van der Waals surface area (Å²) in [5, 5.41) is 31.9. The third kappa shape index (κ3) is 4.37. The lowest BCUT2D eigenvalue weighted by Crippen LogP contribution is -2.39. The Morgan fingerprint density at radius 3 is 2.82 bits per heavy atom. The maximum atomic E-state index is 13.9. The lowest BCUT2D eigenvalue weighted by molar-refractivity contribution is 0.259. The van der Waals surface area contributed by atoms with Crippen molar-refractivity contribution < 1.29 is 8.78 Å². The number of hydrogen-bond acceptors (Lipinski definition) is 8. The minimum Gasteiger partial charge on any atom is -0.376 e. The normalized spacial score (nSPS) is 20.8. The van der Waals surface area contributed by atoms with E-state index in [4.69, 9.17) is 11.6 Å². The molecule has 2 unspecified atom stereocenters. The summed E-state index contributed by atoms with van der Waals surface area (Å²) in [6.45, 7) is 3.84. The maximum Gasteiger partial charge on any atom is 0.249 e. The number of aromatic amines is 1. The van der Waals surface area contributed by atoms with Crippen LogP contribution in [0.4, 0.5) is 25.8 Å². The summed E-state index contributed by atoms with van der Waals surface area (Å²) >= 11 is 6.69. The average Bonchev–Trinajstić information content (AvgIpc) is 3.63. The van der Waals surface area contributed by atoms with E-state index in [1.165, 1.54) is 11.8 Å². The number of nitrogens with zero attached hydrogens (tertiary/aromatic N) is 5. The minimum absolute atomic E-state index is 0.167. The van der Waals surface area contributed by atoms with Gasteiger partial charge in [-0.05, 0) is 12.1 Å². The highest BCUT2D eigenvalue weighted by Gasteiger charge is 2.45. The van der Waals surface area contributed by atoms with Crippen LogP contribution in [-0.2, 0) is 0 Å². The molecule has 1 fully saturated rings. The molecule has 4 N–H and O–H groups in total. The predicted molar refractivity (Wildman–Crippen MR) is 143 cm³/mol. The van der Waals surface area contributed by atoms with Crippen molar-refractivity contribution in [2.75, 3.05) is 23.7 Å². The van der Waals surface area contributed by atoms with Crippen LogP contribution in [0.15, 0.2) is 60.6 Å². The highest BCUT2D eigenvalue weighted by molar-refractivity contribution is 6.36. The molecule has 2 aliphatic rings. The van der Waals surface area contributed by atoms with Crippen molar-refractivity contribution >= 4 is 39.6 Å². The van der Waals surface area contributed by atoms with Gasteiger partial charge in [0.25, 0.3) is 0 Å². The van der Waals surface area contributed by atoms with Crippen molar-refractivity contribution in [1.82, 2.24) is 30.7 Å². The van der Waals surface area contributed by atoms with Gasteiger partial charge in [0.15, 0.2) is 5.82 Å². The molecule has 0 amide bonds. The standard InChI is InChI=1S/C27H22ClF2N9/c1-27(4-2-3-14-9-32-12-19(14)27)25(22-13-35-39-38-22)37-16-5-18-23(36-17-7-21(29)26(30)34-11-17)15(8-31)10-33-24(18)20(28)6-16/h2-7,10-11,13,19,25,32,37H,9,12H2,1H3,(H,33,36)(H,35,38,39)/t19?,25-,27?/m1/s1. The van der Waals surface area contributed by atoms with E-state index >= 15 is 0 Å². The molecular weight excluding hydrogens is 524 g/mol. The Kier molecular flexibility index (Phi) is 6.21. The van der Waals surface area contributed by atoms with Gasteiger partial charge in [-0.25, -0.2) is 9.37 Å². The summed E-state index contributed by atoms with van der Waals surface area (Å²) in [7, 11) is 0. The van der Waals surface area contributed by atoms with Gasteiger partial charge in [-0.1, -0.05) is 42.3 Å². The molecule has 39 heavy (non-hydrogen) atoms. The number of allylic oxidation sites excluding steroid dienone is 2. The first-order chi connectivity index (χ1) is 18.9. The molecule has 4 heterocycles. The van der Waals surface area contributed by atoms with Crippen LogP contribution in [0, 0.1) is 34.4 Å². The lowest BCUT2D eigenvalue weighted by Gasteiger charge is -2.42. The van der Waals surface area contributed by atoms with Crippen LogP contribution < -0.4 is 16.0 Å². The third-order valence-corrected chi connectivity index (χ3v) is 7.70. The van der Waals surface area contributed by atoms with Gasteiger partial charge in [0.2, 0.25) is 5.95 Å². The maximum absolute atomic E-state index is 13.9. The number of aromatic nitrogens is 5. The molecule has 0 radical (unpaired) electrons. The Bertz CT molecular complexity index is 1680. The van der Waals surface area contributed by atoms with E-state index in [1.54, 1.807) is 12.3 Å². The highest BCUT2D eigenvalue weighted by Crippen LogP contribution is 2.49. The summed E-state index contributed by atoms with van der Waals surface area (Å²) < 4.78 is 27.3. The number of nitriles is 1. The van der Waals surface area contributed by atoms with E-state index in [1.807, 2.05) is 6.07 Å². The smallest absolute Gasteiger partial charge is 0.249 e. The number of anilines is 3. The number of hydrogen-bond donors (Lipinski definition) is 4. The van der Waals surface area contributed by atoms with Gasteiger partial charge in [-0.3, -0.25) is 4.98 Å². The van der Waals surface area contributed by atoms with Crippen LogP contribution in [0.1, 0.15) is 24.2 Å². The number of H-pyrrole nitrogens is 1. The minimum atomic E-state index is -1.21. The molecule has 1 aliphatic heterocycles. The Balaban J connectivity index is 1.45. The predicted octanol–water partition coefficient (Wildman–Crippen LogP) is 5.17. The topological polar surface area (TPSA) is 127 Å². The average molecular weight is 546 g/mol. The summed E-state index contributed by atoms with van der Waals surface area (Å²) in [5.74, 6) is -2.09. The molecule has 4 aromatic rings. The van der Waals surface area contributed by atoms with Crippen molar-refractivity contribution in [3.8, 4) is 6.07 Å². The van der Waals surface area contributed by atoms with Gasteiger partial charge in [-0.15, -0.1) is 0 Å². The number of halogens is 3. The first kappa shape index (κ1) is 24.9. The third-order valence-electron chi connectivity index (χ3n) is 7.41. The first-order valence-corrected chi connectivity index (χ1v) is 12.6. The second kappa shape index (κ2) is 9.72. The van der Waals surface area contributed by atoms with Crippen LogP contribution in [-0.4, -0.2) is 38.5 Å². The second-order valence-corrected chi connectivity index (χ2v) is 10.2. The van der Waals surface area contributed by atoms with Gasteiger partial charge in [-0.2, -0.15) is 25.1 Å². The highest BCUT2D eigenvalue weighted by atomic mass is 35.5. The van der Waals surface area contributed by atoms with Crippen molar-refractivity contribution in [3.63, 3.8) is 0 Å². The first-order valence-electron chi connectivity index (χ1n) is 12.2. The fourth-order valence-corrected chi connectivity index (χ4v) is 5.73. The molecule has 0 saturated carbocycles. The fraction of sp³-hybridized carbons (Fsp3) is 0.222. The van der Waals surface area contributed by atoms with Gasteiger partial charge in [0, 0.05) is 47.8 Å². The Labute approximate surface area is 227 Å². The lowest BCUT2D eigenvalue weighted by atomic mass is 9.66. The number of nitrogens with one attached hydrogen (secondary N) is 4. The SMILES string of the molecule is CC1([C@H](Nc2cc(Cl)c3ncc(C#N)c(Nc4cnc(F)c(F)c4)c3c2)c2cn[nH]n2)C=CC=C2CNCC21. The molecule has 3 atom stereocenters. The number of rotatable bonds is 6. The number of fused-ring (bicyclic) bond motifs is 2. The van der Waals surface area contributed by atoms with E-state index in [9.17, 15) is 14.0 Å². The molecule has 12 heteroatoms. The van der Waals surface area contributed by atoms with E-state index in [2.05, 4.69) is 72.6 Å². The fourth-order valence-electron chi connectivity index (χ4n) is 5.46. The van der Waals surface area contributed by atoms with Crippen molar-refractivity contribution in [2.24, 2.45) is 11.3 Å². The summed E-state index contributed by atoms with van der Waals surface area (Å²) in [5.41, 5.74) is 3.47. The molecule has 6 rings (SSSR count). The van der Waals surface area contributed by atoms with E-state index < -0.39 is 11.8 Å². The molecule has 1 saturated heterocycles. The zero-order valence-corrected chi connectivity index (χ0v) is 21.4. The van der Waals surface area contributed by atoms with Crippen LogP contribution in [0.2, 0.25) is 5.02 Å². The zero-order chi connectivity index (χ0) is 27.1. The Morgan fingerprint density at radius 1 is 1.18 bits per heavy atom. The van der Waals surface area contributed by atoms with Gasteiger partial charge in [0.1, 0.15) is 11.8 Å². The molecule has 0 bridgehead atoms. The van der Waals surface area contributed by atoms with Crippen LogP contribution in [0.25, 0.3) is 10.9 Å². The van der Waals surface area contributed by atoms with E-state index in [-0.39, 0.29) is 28.6 Å². The Hall–Kier alpha value is -4.40. The van der Waals surface area contributed by atoms with Crippen molar-refractivity contribution in [1.29, 1.82) is 5.26 Å².